The van der Waals surface area contributed by atoms with Crippen molar-refractivity contribution in [1.82, 2.24) is 15.4 Å². The second-order valence-corrected chi connectivity index (χ2v) is 5.31. The fourth-order valence-corrected chi connectivity index (χ4v) is 2.31. The van der Waals surface area contributed by atoms with Crippen molar-refractivity contribution in [2.75, 3.05) is 0 Å². The average Bonchev–Trinajstić information content (AvgIpc) is 2.87. The Labute approximate surface area is 132 Å². The summed E-state index contributed by atoms with van der Waals surface area (Å²) in [7, 11) is 0. The molecule has 6 heteroatoms. The van der Waals surface area contributed by atoms with Crippen LogP contribution in [0.4, 0.5) is 0 Å². The number of aryl methyl sites for hydroxylation is 1. The van der Waals surface area contributed by atoms with Crippen LogP contribution >= 0.6 is 0 Å². The van der Waals surface area contributed by atoms with Gasteiger partial charge in [0.05, 0.1) is 11.8 Å². The molecule has 1 aromatic carbocycles. The standard InChI is InChI=1S/C17H16N4O2/c1-10-8-18-15(11(10)2)17(23)21-19-9-13-7-12-5-3-4-6-14(12)20-16(13)22/h3-9,18H,1-2H3,(H,20,22)(H,21,23)/b19-9+. The van der Waals surface area contributed by atoms with E-state index in [0.29, 0.717) is 11.3 Å². The largest absolute Gasteiger partial charge is 0.357 e. The van der Waals surface area contributed by atoms with Crippen molar-refractivity contribution in [3.05, 3.63) is 69.3 Å². The number of aromatic nitrogens is 2. The fraction of sp³-hybridized carbons (Fsp3) is 0.118. The smallest absolute Gasteiger partial charge is 0.288 e. The zero-order valence-electron chi connectivity index (χ0n) is 12.8. The molecule has 3 N–H and O–H groups in total. The van der Waals surface area contributed by atoms with Crippen molar-refractivity contribution >= 4 is 23.0 Å². The number of H-pyrrole nitrogens is 2. The highest BCUT2D eigenvalue weighted by atomic mass is 16.2. The summed E-state index contributed by atoms with van der Waals surface area (Å²) in [6, 6.07) is 9.20. The van der Waals surface area contributed by atoms with Gasteiger partial charge in [-0.15, -0.1) is 0 Å². The number of amides is 1. The number of hydrogen-bond acceptors (Lipinski definition) is 3. The highest BCUT2D eigenvalue weighted by molar-refractivity contribution is 5.95. The predicted octanol–water partition coefficient (Wildman–Crippen LogP) is 2.24. The Morgan fingerprint density at radius 1 is 1.26 bits per heavy atom. The number of hydrazone groups is 1. The maximum Gasteiger partial charge on any atom is 0.288 e. The molecule has 0 aliphatic heterocycles. The van der Waals surface area contributed by atoms with Gasteiger partial charge in [-0.2, -0.15) is 5.10 Å². The zero-order valence-corrected chi connectivity index (χ0v) is 12.8. The first-order valence-electron chi connectivity index (χ1n) is 7.16. The van der Waals surface area contributed by atoms with Crippen LogP contribution in [-0.2, 0) is 0 Å². The number of fused-ring (bicyclic) bond motifs is 1. The zero-order chi connectivity index (χ0) is 16.4. The molecule has 0 saturated heterocycles. The van der Waals surface area contributed by atoms with E-state index in [2.05, 4.69) is 20.5 Å². The van der Waals surface area contributed by atoms with E-state index in [0.717, 1.165) is 22.0 Å². The number of para-hydroxylation sites is 1. The lowest BCUT2D eigenvalue weighted by Crippen LogP contribution is -2.20. The Morgan fingerprint density at radius 3 is 2.78 bits per heavy atom. The lowest BCUT2D eigenvalue weighted by molar-refractivity contribution is 0.0950. The van der Waals surface area contributed by atoms with E-state index in [9.17, 15) is 9.59 Å². The number of benzene rings is 1. The molecule has 0 unspecified atom stereocenters. The molecule has 0 aliphatic carbocycles. The first-order chi connectivity index (χ1) is 11.1. The van der Waals surface area contributed by atoms with Crippen LogP contribution in [0.3, 0.4) is 0 Å². The quantitative estimate of drug-likeness (QED) is 0.511. The van der Waals surface area contributed by atoms with Crippen LogP contribution in [0, 0.1) is 13.8 Å². The lowest BCUT2D eigenvalue weighted by Gasteiger charge is -2.00. The van der Waals surface area contributed by atoms with Gasteiger partial charge in [-0.3, -0.25) is 9.59 Å². The fourth-order valence-electron chi connectivity index (χ4n) is 2.31. The Morgan fingerprint density at radius 2 is 2.04 bits per heavy atom. The lowest BCUT2D eigenvalue weighted by atomic mass is 10.2. The molecule has 3 rings (SSSR count). The number of rotatable bonds is 3. The second-order valence-electron chi connectivity index (χ2n) is 5.31. The Kier molecular flexibility index (Phi) is 3.80. The number of nitrogens with zero attached hydrogens (tertiary/aromatic N) is 1. The van der Waals surface area contributed by atoms with Gasteiger partial charge >= 0.3 is 0 Å². The molecule has 1 amide bonds. The van der Waals surface area contributed by atoms with Crippen molar-refractivity contribution < 1.29 is 4.79 Å². The summed E-state index contributed by atoms with van der Waals surface area (Å²) in [6.45, 7) is 3.78. The Bertz CT molecular complexity index is 966. The van der Waals surface area contributed by atoms with Gasteiger partial charge in [0.2, 0.25) is 0 Å². The third-order valence-corrected chi connectivity index (χ3v) is 3.78. The number of nitrogens with one attached hydrogen (secondary N) is 3. The minimum Gasteiger partial charge on any atom is -0.357 e. The van der Waals surface area contributed by atoms with E-state index >= 15 is 0 Å². The molecule has 2 heterocycles. The van der Waals surface area contributed by atoms with Crippen LogP contribution in [0.2, 0.25) is 0 Å². The van der Waals surface area contributed by atoms with Crippen molar-refractivity contribution in [3.63, 3.8) is 0 Å². The normalized spacial score (nSPS) is 11.2. The molecule has 0 bridgehead atoms. The molecular formula is C17H16N4O2. The predicted molar refractivity (Wildman–Crippen MR) is 89.9 cm³/mol. The van der Waals surface area contributed by atoms with E-state index < -0.39 is 0 Å². The summed E-state index contributed by atoms with van der Waals surface area (Å²) in [5.74, 6) is -0.343. The van der Waals surface area contributed by atoms with Gasteiger partial charge in [-0.1, -0.05) is 18.2 Å². The second kappa shape index (κ2) is 5.92. The molecule has 0 atom stereocenters. The van der Waals surface area contributed by atoms with Crippen LogP contribution in [0.5, 0.6) is 0 Å². The van der Waals surface area contributed by atoms with Crippen LogP contribution in [0.25, 0.3) is 10.9 Å². The van der Waals surface area contributed by atoms with Crippen molar-refractivity contribution in [3.8, 4) is 0 Å². The van der Waals surface area contributed by atoms with Crippen LogP contribution in [0.1, 0.15) is 27.2 Å². The molecule has 2 aromatic heterocycles. The van der Waals surface area contributed by atoms with Gasteiger partial charge in [-0.05, 0) is 42.5 Å². The summed E-state index contributed by atoms with van der Waals surface area (Å²) >= 11 is 0. The Hall–Kier alpha value is -3.15. The molecular weight excluding hydrogens is 292 g/mol. The number of carbonyl (C=O) groups excluding carboxylic acids is 1. The molecule has 3 aromatic rings. The number of pyridine rings is 1. The van der Waals surface area contributed by atoms with E-state index in [1.165, 1.54) is 6.21 Å². The first kappa shape index (κ1) is 14.8. The molecule has 23 heavy (non-hydrogen) atoms. The van der Waals surface area contributed by atoms with Gasteiger partial charge < -0.3 is 9.97 Å². The Balaban J connectivity index is 1.80. The van der Waals surface area contributed by atoms with E-state index in [1.54, 1.807) is 12.3 Å². The van der Waals surface area contributed by atoms with Gasteiger partial charge in [-0.25, -0.2) is 5.43 Å². The van der Waals surface area contributed by atoms with E-state index in [1.807, 2.05) is 38.1 Å². The highest BCUT2D eigenvalue weighted by Crippen LogP contribution is 2.11. The number of hydrogen-bond donors (Lipinski definition) is 3. The van der Waals surface area contributed by atoms with Crippen molar-refractivity contribution in [1.29, 1.82) is 0 Å². The molecule has 6 nitrogen and oxygen atoms in total. The molecule has 0 spiro atoms. The van der Waals surface area contributed by atoms with E-state index in [-0.39, 0.29) is 11.5 Å². The SMILES string of the molecule is Cc1c[nH]c(C(=O)N/N=C/c2cc3ccccc3[nH]c2=O)c1C. The number of carbonyl (C=O) groups is 1. The topological polar surface area (TPSA) is 90.1 Å². The van der Waals surface area contributed by atoms with Gasteiger partial charge in [0.25, 0.3) is 11.5 Å². The summed E-state index contributed by atoms with van der Waals surface area (Å²) < 4.78 is 0. The summed E-state index contributed by atoms with van der Waals surface area (Å²) in [5, 5.41) is 4.77. The first-order valence-corrected chi connectivity index (χ1v) is 7.16. The molecule has 0 fully saturated rings. The maximum absolute atomic E-state index is 12.0. The van der Waals surface area contributed by atoms with Crippen molar-refractivity contribution in [2.24, 2.45) is 5.10 Å². The molecule has 116 valence electrons. The minimum absolute atomic E-state index is 0.256. The highest BCUT2D eigenvalue weighted by Gasteiger charge is 2.11. The molecule has 0 radical (unpaired) electrons. The molecule has 0 aliphatic rings. The summed E-state index contributed by atoms with van der Waals surface area (Å²) in [5.41, 5.74) is 5.65. The monoisotopic (exact) mass is 308 g/mol. The van der Waals surface area contributed by atoms with Gasteiger partial charge in [0.15, 0.2) is 0 Å². The van der Waals surface area contributed by atoms with E-state index in [4.69, 9.17) is 0 Å². The van der Waals surface area contributed by atoms with Crippen LogP contribution in [0.15, 0.2) is 46.4 Å². The maximum atomic E-state index is 12.0. The number of aromatic amines is 2. The third kappa shape index (κ3) is 2.91. The van der Waals surface area contributed by atoms with Crippen LogP contribution in [-0.4, -0.2) is 22.1 Å². The van der Waals surface area contributed by atoms with Gasteiger partial charge in [0, 0.05) is 11.7 Å². The average molecular weight is 308 g/mol. The van der Waals surface area contributed by atoms with Crippen LogP contribution < -0.4 is 11.0 Å². The van der Waals surface area contributed by atoms with Crippen molar-refractivity contribution in [2.45, 2.75) is 13.8 Å². The van der Waals surface area contributed by atoms with Gasteiger partial charge in [0.1, 0.15) is 5.69 Å². The third-order valence-electron chi connectivity index (χ3n) is 3.78. The summed E-state index contributed by atoms with van der Waals surface area (Å²) in [6.07, 6.45) is 3.11. The minimum atomic E-state index is -0.343. The summed E-state index contributed by atoms with van der Waals surface area (Å²) in [4.78, 5) is 29.7. The molecule has 0 saturated carbocycles.